The third-order valence-electron chi connectivity index (χ3n) is 2.64. The number of anilines is 1. The van der Waals surface area contributed by atoms with Crippen LogP contribution in [0.5, 0.6) is 5.75 Å². The number of aromatic nitrogens is 2. The van der Waals surface area contributed by atoms with Crippen molar-refractivity contribution in [3.8, 4) is 5.75 Å². The summed E-state index contributed by atoms with van der Waals surface area (Å²) in [5.74, 6) is 0.403. The summed E-state index contributed by atoms with van der Waals surface area (Å²) >= 11 is 8.90. The lowest BCUT2D eigenvalue weighted by molar-refractivity contribution is -0.274. The fraction of sp³-hybridized carbons (Fsp3) is 0.250. The van der Waals surface area contributed by atoms with Crippen molar-refractivity contribution in [2.24, 2.45) is 7.05 Å². The van der Waals surface area contributed by atoms with Crippen molar-refractivity contribution >= 4 is 33.2 Å². The molecule has 1 aromatic heterocycles. The van der Waals surface area contributed by atoms with Crippen molar-refractivity contribution in [3.63, 3.8) is 0 Å². The first-order valence-electron chi connectivity index (χ1n) is 5.71. The molecular weight excluding hydrogens is 375 g/mol. The first-order chi connectivity index (χ1) is 9.76. The van der Waals surface area contributed by atoms with Crippen LogP contribution < -0.4 is 10.1 Å². The van der Waals surface area contributed by atoms with Gasteiger partial charge in [-0.15, -0.1) is 13.2 Å². The van der Waals surface area contributed by atoms with Crippen LogP contribution in [-0.2, 0) is 13.6 Å². The zero-order chi connectivity index (χ0) is 15.6. The van der Waals surface area contributed by atoms with Gasteiger partial charge in [-0.25, -0.2) is 4.98 Å². The Morgan fingerprint density at radius 1 is 1.43 bits per heavy atom. The molecule has 1 N–H and O–H groups in total. The molecule has 21 heavy (non-hydrogen) atoms. The molecule has 0 unspecified atom stereocenters. The lowest BCUT2D eigenvalue weighted by atomic mass is 10.3. The SMILES string of the molecule is Cn1c(Cl)cnc1CNc1ccc(OC(F)(F)F)c(Br)c1. The molecule has 0 saturated carbocycles. The molecule has 9 heteroatoms. The van der Waals surface area contributed by atoms with Crippen LogP contribution in [0.3, 0.4) is 0 Å². The molecule has 1 aromatic carbocycles. The molecule has 4 nitrogen and oxygen atoms in total. The lowest BCUT2D eigenvalue weighted by Gasteiger charge is -2.12. The number of ether oxygens (including phenoxy) is 1. The van der Waals surface area contributed by atoms with Crippen LogP contribution >= 0.6 is 27.5 Å². The number of halogens is 5. The Hall–Kier alpha value is -1.41. The van der Waals surface area contributed by atoms with Gasteiger partial charge in [0.05, 0.1) is 17.2 Å². The number of benzene rings is 1. The summed E-state index contributed by atoms with van der Waals surface area (Å²) in [6, 6.07) is 4.20. The Morgan fingerprint density at radius 3 is 2.67 bits per heavy atom. The molecule has 0 aliphatic heterocycles. The minimum absolute atomic E-state index is 0.197. The quantitative estimate of drug-likeness (QED) is 0.852. The van der Waals surface area contributed by atoms with E-state index >= 15 is 0 Å². The molecule has 0 bridgehead atoms. The van der Waals surface area contributed by atoms with Gasteiger partial charge >= 0.3 is 6.36 Å². The van der Waals surface area contributed by atoms with E-state index in [1.165, 1.54) is 24.4 Å². The van der Waals surface area contributed by atoms with Crippen molar-refractivity contribution in [1.82, 2.24) is 9.55 Å². The van der Waals surface area contributed by atoms with Gasteiger partial charge in [-0.05, 0) is 34.1 Å². The van der Waals surface area contributed by atoms with E-state index in [0.717, 1.165) is 0 Å². The standard InChI is InChI=1S/C12H10BrClF3N3O/c1-20-10(14)5-19-11(20)6-18-7-2-3-9(8(13)4-7)21-12(15,16)17/h2-5,18H,6H2,1H3. The van der Waals surface area contributed by atoms with Crippen LogP contribution in [0.15, 0.2) is 28.9 Å². The number of imidazole rings is 1. The predicted molar refractivity (Wildman–Crippen MR) is 76.4 cm³/mol. The highest BCUT2D eigenvalue weighted by atomic mass is 79.9. The third kappa shape index (κ3) is 4.28. The van der Waals surface area contributed by atoms with Crippen LogP contribution in [-0.4, -0.2) is 15.9 Å². The number of nitrogens with zero attached hydrogens (tertiary/aromatic N) is 2. The van der Waals surface area contributed by atoms with Crippen LogP contribution in [0.4, 0.5) is 18.9 Å². The van der Waals surface area contributed by atoms with Crippen molar-refractivity contribution in [2.75, 3.05) is 5.32 Å². The van der Waals surface area contributed by atoms with Gasteiger partial charge in [0.15, 0.2) is 0 Å². The molecule has 0 spiro atoms. The molecule has 0 aliphatic carbocycles. The Morgan fingerprint density at radius 2 is 2.14 bits per heavy atom. The monoisotopic (exact) mass is 383 g/mol. The Labute approximate surface area is 132 Å². The molecule has 114 valence electrons. The fourth-order valence-corrected chi connectivity index (χ4v) is 2.19. The summed E-state index contributed by atoms with van der Waals surface area (Å²) < 4.78 is 42.2. The summed E-state index contributed by atoms with van der Waals surface area (Å²) in [5.41, 5.74) is 0.621. The zero-order valence-electron chi connectivity index (χ0n) is 10.7. The van der Waals surface area contributed by atoms with E-state index in [1.807, 2.05) is 0 Å². The number of nitrogens with one attached hydrogen (secondary N) is 1. The van der Waals surface area contributed by atoms with E-state index in [0.29, 0.717) is 23.2 Å². The third-order valence-corrected chi connectivity index (χ3v) is 3.61. The highest BCUT2D eigenvalue weighted by molar-refractivity contribution is 9.10. The van der Waals surface area contributed by atoms with E-state index in [9.17, 15) is 13.2 Å². The van der Waals surface area contributed by atoms with E-state index in [4.69, 9.17) is 11.6 Å². The van der Waals surface area contributed by atoms with E-state index in [-0.39, 0.29) is 10.2 Å². The average molecular weight is 385 g/mol. The van der Waals surface area contributed by atoms with Gasteiger partial charge in [-0.1, -0.05) is 11.6 Å². The number of hydrogen-bond donors (Lipinski definition) is 1. The van der Waals surface area contributed by atoms with Crippen molar-refractivity contribution in [3.05, 3.63) is 39.8 Å². The molecule has 2 aromatic rings. The van der Waals surface area contributed by atoms with E-state index in [2.05, 4.69) is 31.0 Å². The largest absolute Gasteiger partial charge is 0.573 e. The average Bonchev–Trinajstić information content (AvgIpc) is 2.69. The molecule has 0 amide bonds. The second-order valence-corrected chi connectivity index (χ2v) is 5.34. The minimum Gasteiger partial charge on any atom is -0.405 e. The topological polar surface area (TPSA) is 39.1 Å². The molecular formula is C12H10BrClF3N3O. The Bertz CT molecular complexity index is 645. The van der Waals surface area contributed by atoms with Gasteiger partial charge < -0.3 is 14.6 Å². The van der Waals surface area contributed by atoms with Gasteiger partial charge in [0.25, 0.3) is 0 Å². The molecule has 0 saturated heterocycles. The first kappa shape index (κ1) is 16.0. The highest BCUT2D eigenvalue weighted by Gasteiger charge is 2.31. The summed E-state index contributed by atoms with van der Waals surface area (Å²) in [7, 11) is 1.77. The molecule has 1 heterocycles. The van der Waals surface area contributed by atoms with Crippen LogP contribution in [0.2, 0.25) is 5.15 Å². The maximum Gasteiger partial charge on any atom is 0.573 e. The number of rotatable bonds is 4. The van der Waals surface area contributed by atoms with Gasteiger partial charge in [0.1, 0.15) is 16.7 Å². The molecule has 0 fully saturated rings. The van der Waals surface area contributed by atoms with Gasteiger partial charge in [-0.2, -0.15) is 0 Å². The molecule has 0 atom stereocenters. The zero-order valence-corrected chi connectivity index (χ0v) is 13.1. The summed E-state index contributed by atoms with van der Waals surface area (Å²) in [6.45, 7) is 0.384. The minimum atomic E-state index is -4.72. The normalized spacial score (nSPS) is 11.5. The Balaban J connectivity index is 2.05. The van der Waals surface area contributed by atoms with Crippen molar-refractivity contribution in [2.45, 2.75) is 12.9 Å². The van der Waals surface area contributed by atoms with Crippen LogP contribution in [0.1, 0.15) is 5.82 Å². The van der Waals surface area contributed by atoms with E-state index < -0.39 is 6.36 Å². The van der Waals surface area contributed by atoms with Crippen molar-refractivity contribution in [1.29, 1.82) is 0 Å². The van der Waals surface area contributed by atoms with Gasteiger partial charge in [-0.3, -0.25) is 0 Å². The summed E-state index contributed by atoms with van der Waals surface area (Å²) in [4.78, 5) is 4.10. The van der Waals surface area contributed by atoms with Crippen LogP contribution in [0.25, 0.3) is 0 Å². The maximum atomic E-state index is 12.2. The summed E-state index contributed by atoms with van der Waals surface area (Å²) in [6.07, 6.45) is -3.20. The Kier molecular flexibility index (Phi) is 4.67. The molecule has 2 rings (SSSR count). The first-order valence-corrected chi connectivity index (χ1v) is 6.88. The fourth-order valence-electron chi connectivity index (χ4n) is 1.59. The smallest absolute Gasteiger partial charge is 0.405 e. The maximum absolute atomic E-state index is 12.2. The highest BCUT2D eigenvalue weighted by Crippen LogP contribution is 2.32. The number of alkyl halides is 3. The van der Waals surface area contributed by atoms with Crippen LogP contribution in [0, 0.1) is 0 Å². The second kappa shape index (κ2) is 6.15. The number of hydrogen-bond acceptors (Lipinski definition) is 3. The second-order valence-electron chi connectivity index (χ2n) is 4.10. The predicted octanol–water partition coefficient (Wildman–Crippen LogP) is 4.35. The lowest BCUT2D eigenvalue weighted by Crippen LogP contribution is -2.17. The van der Waals surface area contributed by atoms with Gasteiger partial charge in [0.2, 0.25) is 0 Å². The van der Waals surface area contributed by atoms with Crippen molar-refractivity contribution < 1.29 is 17.9 Å². The van der Waals surface area contributed by atoms with E-state index in [1.54, 1.807) is 11.6 Å². The van der Waals surface area contributed by atoms with Gasteiger partial charge in [0, 0.05) is 12.7 Å². The summed E-state index contributed by atoms with van der Waals surface area (Å²) in [5, 5.41) is 3.54. The molecule has 0 radical (unpaired) electrons. The molecule has 0 aliphatic rings.